The zero-order chi connectivity index (χ0) is 14.5. The first kappa shape index (κ1) is 14.9. The molecule has 0 radical (unpaired) electrons. The van der Waals surface area contributed by atoms with Crippen LogP contribution in [0.15, 0.2) is 24.3 Å². The molecule has 2 rings (SSSR count). The Labute approximate surface area is 126 Å². The quantitative estimate of drug-likeness (QED) is 0.782. The monoisotopic (exact) mass is 286 g/mol. The van der Waals surface area contributed by atoms with Gasteiger partial charge in [0.05, 0.1) is 5.69 Å². The summed E-state index contributed by atoms with van der Waals surface area (Å²) in [5.74, 6) is 0.985. The molecule has 106 valence electrons. The number of benzene rings is 1. The van der Waals surface area contributed by atoms with Crippen LogP contribution in [-0.4, -0.2) is 9.97 Å². The van der Waals surface area contributed by atoms with Crippen LogP contribution in [0.1, 0.15) is 43.6 Å². The first-order chi connectivity index (χ1) is 9.65. The second-order valence-corrected chi connectivity index (χ2v) is 5.58. The molecular weight excluding hydrogens is 264 g/mol. The van der Waals surface area contributed by atoms with Gasteiger partial charge in [-0.1, -0.05) is 50.7 Å². The van der Waals surface area contributed by atoms with Gasteiger partial charge in [-0.15, -0.1) is 0 Å². The highest BCUT2D eigenvalue weighted by molar-refractivity contribution is 7.71. The van der Waals surface area contributed by atoms with Crippen molar-refractivity contribution in [1.29, 1.82) is 0 Å². The first-order valence-corrected chi connectivity index (χ1v) is 7.75. The van der Waals surface area contributed by atoms with E-state index in [0.29, 0.717) is 4.64 Å². The molecule has 1 N–H and O–H groups in total. The third-order valence-corrected chi connectivity index (χ3v) is 3.84. The second kappa shape index (κ2) is 6.80. The van der Waals surface area contributed by atoms with E-state index < -0.39 is 0 Å². The van der Waals surface area contributed by atoms with Gasteiger partial charge in [0.15, 0.2) is 0 Å². The Bertz CT molecular complexity index is 644. The van der Waals surface area contributed by atoms with Gasteiger partial charge >= 0.3 is 0 Å². The van der Waals surface area contributed by atoms with Crippen LogP contribution in [-0.2, 0) is 12.8 Å². The summed E-state index contributed by atoms with van der Waals surface area (Å²) in [6.07, 6.45) is 4.28. The molecule has 0 aliphatic rings. The molecule has 0 bridgehead atoms. The molecule has 2 nitrogen and oxygen atoms in total. The van der Waals surface area contributed by atoms with E-state index in [0.717, 1.165) is 42.8 Å². The molecule has 0 spiro atoms. The molecule has 0 saturated heterocycles. The molecule has 0 atom stereocenters. The maximum atomic E-state index is 5.40. The average molecular weight is 286 g/mol. The number of nitrogens with one attached hydrogen (secondary N) is 1. The second-order valence-electron chi connectivity index (χ2n) is 5.19. The summed E-state index contributed by atoms with van der Waals surface area (Å²) in [5, 5.41) is 0. The van der Waals surface area contributed by atoms with Crippen molar-refractivity contribution >= 4 is 12.2 Å². The lowest BCUT2D eigenvalue weighted by Crippen LogP contribution is -2.00. The van der Waals surface area contributed by atoms with Gasteiger partial charge in [-0.25, -0.2) is 4.98 Å². The van der Waals surface area contributed by atoms with E-state index in [1.54, 1.807) is 0 Å². The number of aromatic nitrogens is 2. The van der Waals surface area contributed by atoms with Gasteiger partial charge in [-0.2, -0.15) is 0 Å². The van der Waals surface area contributed by atoms with Crippen molar-refractivity contribution in [1.82, 2.24) is 9.97 Å². The van der Waals surface area contributed by atoms with Crippen molar-refractivity contribution in [3.8, 4) is 11.3 Å². The molecule has 3 heteroatoms. The predicted molar refractivity (Wildman–Crippen MR) is 87.6 cm³/mol. The van der Waals surface area contributed by atoms with Gasteiger partial charge in [-0.3, -0.25) is 0 Å². The summed E-state index contributed by atoms with van der Waals surface area (Å²) in [6.45, 7) is 6.40. The lowest BCUT2D eigenvalue weighted by Gasteiger charge is -2.10. The van der Waals surface area contributed by atoms with E-state index in [4.69, 9.17) is 12.2 Å². The highest BCUT2D eigenvalue weighted by atomic mass is 32.1. The molecule has 0 amide bonds. The van der Waals surface area contributed by atoms with E-state index >= 15 is 0 Å². The van der Waals surface area contributed by atoms with Crippen LogP contribution in [0.3, 0.4) is 0 Å². The van der Waals surface area contributed by atoms with Crippen molar-refractivity contribution in [2.45, 2.75) is 46.5 Å². The van der Waals surface area contributed by atoms with Crippen LogP contribution in [0.25, 0.3) is 11.3 Å². The average Bonchev–Trinajstić information content (AvgIpc) is 2.43. The summed E-state index contributed by atoms with van der Waals surface area (Å²) in [5.41, 5.74) is 4.76. The van der Waals surface area contributed by atoms with E-state index in [1.807, 2.05) is 6.92 Å². The van der Waals surface area contributed by atoms with Crippen LogP contribution >= 0.6 is 12.2 Å². The lowest BCUT2D eigenvalue weighted by molar-refractivity contribution is 0.829. The summed E-state index contributed by atoms with van der Waals surface area (Å²) >= 11 is 5.40. The Kier molecular flexibility index (Phi) is 5.07. The fourth-order valence-corrected chi connectivity index (χ4v) is 2.61. The summed E-state index contributed by atoms with van der Waals surface area (Å²) < 4.78 is 0.711. The van der Waals surface area contributed by atoms with Gasteiger partial charge in [0.1, 0.15) is 10.5 Å². The summed E-state index contributed by atoms with van der Waals surface area (Å²) in [7, 11) is 0. The molecule has 20 heavy (non-hydrogen) atoms. The number of aromatic amines is 1. The minimum absolute atomic E-state index is 0.711. The molecule has 1 aromatic heterocycles. The predicted octanol–water partition coefficient (Wildman–Crippen LogP) is 5.02. The number of hydrogen-bond donors (Lipinski definition) is 1. The standard InChI is InChI=1S/C17H22N2S/c1-4-7-13-9-6-10-14(11-13)16-12(3)17(20)19-15(18-16)8-5-2/h6,9-11H,4-5,7-8H2,1-3H3,(H,18,19,20). The Hall–Kier alpha value is -1.48. The molecule has 0 fully saturated rings. The largest absolute Gasteiger partial charge is 0.343 e. The first-order valence-electron chi connectivity index (χ1n) is 7.34. The molecule has 0 aliphatic heterocycles. The minimum atomic E-state index is 0.711. The van der Waals surface area contributed by atoms with Gasteiger partial charge in [0.2, 0.25) is 0 Å². The highest BCUT2D eigenvalue weighted by Crippen LogP contribution is 2.23. The smallest absolute Gasteiger partial charge is 0.133 e. The number of rotatable bonds is 5. The van der Waals surface area contributed by atoms with Gasteiger partial charge in [-0.05, 0) is 37.0 Å². The number of H-pyrrole nitrogens is 1. The molecular formula is C17H22N2S. The van der Waals surface area contributed by atoms with Crippen LogP contribution in [0.2, 0.25) is 0 Å². The Morgan fingerprint density at radius 1 is 1.15 bits per heavy atom. The third kappa shape index (κ3) is 3.34. The summed E-state index contributed by atoms with van der Waals surface area (Å²) in [6, 6.07) is 8.71. The van der Waals surface area contributed by atoms with E-state index in [-0.39, 0.29) is 0 Å². The fraction of sp³-hybridized carbons (Fsp3) is 0.412. The zero-order valence-corrected chi connectivity index (χ0v) is 13.3. The van der Waals surface area contributed by atoms with Crippen molar-refractivity contribution in [2.75, 3.05) is 0 Å². The van der Waals surface area contributed by atoms with Gasteiger partial charge < -0.3 is 4.98 Å². The van der Waals surface area contributed by atoms with Crippen molar-refractivity contribution in [2.24, 2.45) is 0 Å². The van der Waals surface area contributed by atoms with Crippen LogP contribution in [0.4, 0.5) is 0 Å². The Morgan fingerprint density at radius 3 is 2.60 bits per heavy atom. The van der Waals surface area contributed by atoms with Crippen LogP contribution < -0.4 is 0 Å². The Morgan fingerprint density at radius 2 is 1.90 bits per heavy atom. The van der Waals surface area contributed by atoms with Gasteiger partial charge in [0.25, 0.3) is 0 Å². The molecule has 2 aromatic rings. The number of hydrogen-bond acceptors (Lipinski definition) is 2. The maximum Gasteiger partial charge on any atom is 0.133 e. The maximum absolute atomic E-state index is 5.40. The van der Waals surface area contributed by atoms with Gasteiger partial charge in [0, 0.05) is 12.0 Å². The molecule has 0 aliphatic carbocycles. The fourth-order valence-electron chi connectivity index (χ4n) is 2.39. The van der Waals surface area contributed by atoms with Crippen LogP contribution in [0.5, 0.6) is 0 Å². The lowest BCUT2D eigenvalue weighted by atomic mass is 10.0. The molecule has 0 saturated carbocycles. The molecule has 0 unspecified atom stereocenters. The minimum Gasteiger partial charge on any atom is -0.343 e. The van der Waals surface area contributed by atoms with E-state index in [2.05, 4.69) is 48.1 Å². The number of nitrogens with zero attached hydrogens (tertiary/aromatic N) is 1. The van der Waals surface area contributed by atoms with Crippen molar-refractivity contribution < 1.29 is 0 Å². The summed E-state index contributed by atoms with van der Waals surface area (Å²) in [4.78, 5) is 7.93. The SMILES string of the molecule is CCCc1cccc(-c2[nH]c(CCC)nc(=S)c2C)c1. The van der Waals surface area contributed by atoms with E-state index in [9.17, 15) is 0 Å². The molecule has 1 aromatic carbocycles. The van der Waals surface area contributed by atoms with Crippen molar-refractivity contribution in [3.63, 3.8) is 0 Å². The number of aryl methyl sites for hydroxylation is 2. The van der Waals surface area contributed by atoms with E-state index in [1.165, 1.54) is 11.1 Å². The topological polar surface area (TPSA) is 28.7 Å². The van der Waals surface area contributed by atoms with Crippen LogP contribution in [0, 0.1) is 11.6 Å². The Balaban J connectivity index is 2.50. The molecule has 1 heterocycles. The third-order valence-electron chi connectivity index (χ3n) is 3.44. The highest BCUT2D eigenvalue weighted by Gasteiger charge is 2.07. The van der Waals surface area contributed by atoms with Crippen molar-refractivity contribution in [3.05, 3.63) is 45.9 Å². The zero-order valence-electron chi connectivity index (χ0n) is 12.5. The normalized spacial score (nSPS) is 10.8.